The molecule has 0 bridgehead atoms. The highest BCUT2D eigenvalue weighted by molar-refractivity contribution is 7.17. The van der Waals surface area contributed by atoms with Crippen molar-refractivity contribution in [3.05, 3.63) is 87.6 Å². The van der Waals surface area contributed by atoms with Gasteiger partial charge in [0.05, 0.1) is 26.5 Å². The number of amides is 1. The Bertz CT molecular complexity index is 1250. The van der Waals surface area contributed by atoms with E-state index in [0.29, 0.717) is 5.56 Å². The highest BCUT2D eigenvalue weighted by atomic mass is 35.5. The van der Waals surface area contributed by atoms with Crippen LogP contribution in [0, 0.1) is 5.82 Å². The van der Waals surface area contributed by atoms with Crippen molar-refractivity contribution in [2.75, 3.05) is 5.32 Å². The summed E-state index contributed by atoms with van der Waals surface area (Å²) in [6.45, 7) is 0.219. The number of anilines is 1. The van der Waals surface area contributed by atoms with Crippen LogP contribution < -0.4 is 5.32 Å². The van der Waals surface area contributed by atoms with Crippen molar-refractivity contribution in [3.63, 3.8) is 0 Å². The fourth-order valence-electron chi connectivity index (χ4n) is 3.14. The molecule has 0 atom stereocenters. The standard InChI is InChI=1S/C21H13ClF4N2OS/c22-15-5-4-13(21(24,25)26)9-16(15)27-20(29)18-10-19-17(6-7-30-19)28(18)11-12-2-1-3-14(23)8-12/h1-10H,11H2,(H,27,29). The Morgan fingerprint density at radius 1 is 1.10 bits per heavy atom. The van der Waals surface area contributed by atoms with Gasteiger partial charge in [-0.3, -0.25) is 4.79 Å². The Morgan fingerprint density at radius 3 is 2.63 bits per heavy atom. The molecule has 1 amide bonds. The van der Waals surface area contributed by atoms with Crippen LogP contribution in [0.1, 0.15) is 21.6 Å². The third kappa shape index (κ3) is 4.06. The van der Waals surface area contributed by atoms with Crippen LogP contribution in [0.3, 0.4) is 0 Å². The maximum absolute atomic E-state index is 13.6. The summed E-state index contributed by atoms with van der Waals surface area (Å²) >= 11 is 7.41. The van der Waals surface area contributed by atoms with Gasteiger partial charge in [-0.05, 0) is 53.4 Å². The smallest absolute Gasteiger partial charge is 0.331 e. The van der Waals surface area contributed by atoms with E-state index in [0.717, 1.165) is 28.4 Å². The number of halogens is 5. The Kier molecular flexibility index (Phi) is 5.29. The SMILES string of the molecule is O=C(Nc1cc(C(F)(F)F)ccc1Cl)c1cc2sccc2n1Cc1cccc(F)c1. The zero-order chi connectivity index (χ0) is 21.5. The first-order valence-corrected chi connectivity index (χ1v) is 9.97. The van der Waals surface area contributed by atoms with Gasteiger partial charge in [0.15, 0.2) is 0 Å². The Morgan fingerprint density at radius 2 is 1.90 bits per heavy atom. The number of benzene rings is 2. The first kappa shape index (κ1) is 20.4. The molecule has 2 aromatic carbocycles. The molecule has 9 heteroatoms. The molecule has 0 radical (unpaired) electrons. The summed E-state index contributed by atoms with van der Waals surface area (Å²) in [5, 5.41) is 4.31. The number of rotatable bonds is 4. The van der Waals surface area contributed by atoms with E-state index < -0.39 is 23.5 Å². The van der Waals surface area contributed by atoms with Crippen molar-refractivity contribution >= 4 is 44.7 Å². The summed E-state index contributed by atoms with van der Waals surface area (Å²) in [7, 11) is 0. The van der Waals surface area contributed by atoms with E-state index in [1.165, 1.54) is 23.5 Å². The second kappa shape index (κ2) is 7.77. The lowest BCUT2D eigenvalue weighted by Crippen LogP contribution is -2.18. The van der Waals surface area contributed by atoms with Crippen LogP contribution in [-0.2, 0) is 12.7 Å². The molecule has 3 nitrogen and oxygen atoms in total. The second-order valence-corrected chi connectivity index (χ2v) is 7.92. The van der Waals surface area contributed by atoms with Crippen LogP contribution in [0.5, 0.6) is 0 Å². The number of hydrogen-bond acceptors (Lipinski definition) is 2. The number of nitrogens with zero attached hydrogens (tertiary/aromatic N) is 1. The summed E-state index contributed by atoms with van der Waals surface area (Å²) in [6, 6.07) is 12.2. The van der Waals surface area contributed by atoms with Crippen LogP contribution in [0.2, 0.25) is 5.02 Å². The Hall–Kier alpha value is -2.84. The molecule has 0 spiro atoms. The highest BCUT2D eigenvalue weighted by Gasteiger charge is 2.31. The summed E-state index contributed by atoms with van der Waals surface area (Å²) < 4.78 is 55.1. The zero-order valence-electron chi connectivity index (χ0n) is 15.1. The Labute approximate surface area is 177 Å². The van der Waals surface area contributed by atoms with Gasteiger partial charge in [0, 0.05) is 6.54 Å². The van der Waals surface area contributed by atoms with Gasteiger partial charge in [0.1, 0.15) is 11.5 Å². The van der Waals surface area contributed by atoms with Crippen LogP contribution >= 0.6 is 22.9 Å². The van der Waals surface area contributed by atoms with Crippen molar-refractivity contribution in [2.45, 2.75) is 12.7 Å². The molecule has 2 heterocycles. The summed E-state index contributed by atoms with van der Waals surface area (Å²) in [5.74, 6) is -1.01. The van der Waals surface area contributed by atoms with Gasteiger partial charge in [-0.15, -0.1) is 11.3 Å². The molecule has 0 aliphatic rings. The van der Waals surface area contributed by atoms with Gasteiger partial charge in [0.2, 0.25) is 0 Å². The summed E-state index contributed by atoms with van der Waals surface area (Å²) in [5.41, 5.74) is 0.584. The minimum absolute atomic E-state index is 0.0126. The normalized spacial score (nSPS) is 11.8. The van der Waals surface area contributed by atoms with Crippen molar-refractivity contribution in [3.8, 4) is 0 Å². The second-order valence-electron chi connectivity index (χ2n) is 6.56. The fraction of sp³-hybridized carbons (Fsp3) is 0.0952. The van der Waals surface area contributed by atoms with E-state index >= 15 is 0 Å². The molecule has 154 valence electrons. The fourth-order valence-corrected chi connectivity index (χ4v) is 4.12. The molecule has 1 N–H and O–H groups in total. The maximum atomic E-state index is 13.6. The predicted octanol–water partition coefficient (Wildman–Crippen LogP) is 6.81. The molecule has 4 aromatic rings. The number of nitrogens with one attached hydrogen (secondary N) is 1. The predicted molar refractivity (Wildman–Crippen MR) is 110 cm³/mol. The van der Waals surface area contributed by atoms with Gasteiger partial charge in [0.25, 0.3) is 5.91 Å². The average Bonchev–Trinajstić information content (AvgIpc) is 3.25. The number of carbonyl (C=O) groups is 1. The first-order chi connectivity index (χ1) is 14.2. The minimum Gasteiger partial charge on any atom is -0.331 e. The van der Waals surface area contributed by atoms with Crippen molar-refractivity contribution < 1.29 is 22.4 Å². The number of hydrogen-bond donors (Lipinski definition) is 1. The van der Waals surface area contributed by atoms with Crippen molar-refractivity contribution in [1.82, 2.24) is 4.57 Å². The first-order valence-electron chi connectivity index (χ1n) is 8.71. The molecule has 0 aliphatic heterocycles. The van der Waals surface area contributed by atoms with E-state index in [9.17, 15) is 22.4 Å². The molecule has 0 saturated carbocycles. The van der Waals surface area contributed by atoms with E-state index in [2.05, 4.69) is 5.32 Å². The molecule has 30 heavy (non-hydrogen) atoms. The number of aromatic nitrogens is 1. The molecule has 2 aromatic heterocycles. The summed E-state index contributed by atoms with van der Waals surface area (Å²) in [6.07, 6.45) is -4.57. The monoisotopic (exact) mass is 452 g/mol. The topological polar surface area (TPSA) is 34.0 Å². The third-order valence-corrected chi connectivity index (χ3v) is 5.71. The quantitative estimate of drug-likeness (QED) is 0.339. The molecule has 0 aliphatic carbocycles. The number of alkyl halides is 3. The maximum Gasteiger partial charge on any atom is 0.416 e. The lowest BCUT2D eigenvalue weighted by atomic mass is 10.2. The van der Waals surface area contributed by atoms with E-state index in [1.54, 1.807) is 22.8 Å². The van der Waals surface area contributed by atoms with Crippen molar-refractivity contribution in [1.29, 1.82) is 0 Å². The lowest BCUT2D eigenvalue weighted by Gasteiger charge is -2.14. The highest BCUT2D eigenvalue weighted by Crippen LogP contribution is 2.34. The van der Waals surface area contributed by atoms with E-state index in [1.807, 2.05) is 11.4 Å². The number of carbonyl (C=O) groups excluding carboxylic acids is 1. The number of fused-ring (bicyclic) bond motifs is 1. The van der Waals surface area contributed by atoms with Gasteiger partial charge < -0.3 is 9.88 Å². The molecular weight excluding hydrogens is 440 g/mol. The van der Waals surface area contributed by atoms with E-state index in [4.69, 9.17) is 11.6 Å². The average molecular weight is 453 g/mol. The van der Waals surface area contributed by atoms with Crippen LogP contribution in [0.25, 0.3) is 10.2 Å². The molecule has 0 fully saturated rings. The van der Waals surface area contributed by atoms with Gasteiger partial charge >= 0.3 is 6.18 Å². The molecule has 0 saturated heterocycles. The van der Waals surface area contributed by atoms with E-state index in [-0.39, 0.29) is 22.9 Å². The minimum atomic E-state index is -4.57. The van der Waals surface area contributed by atoms with Gasteiger partial charge in [-0.2, -0.15) is 13.2 Å². The largest absolute Gasteiger partial charge is 0.416 e. The zero-order valence-corrected chi connectivity index (χ0v) is 16.7. The van der Waals surface area contributed by atoms with Crippen LogP contribution in [-0.4, -0.2) is 10.5 Å². The lowest BCUT2D eigenvalue weighted by molar-refractivity contribution is -0.137. The van der Waals surface area contributed by atoms with Gasteiger partial charge in [-0.25, -0.2) is 4.39 Å². The van der Waals surface area contributed by atoms with Crippen molar-refractivity contribution in [2.24, 2.45) is 0 Å². The molecule has 4 rings (SSSR count). The van der Waals surface area contributed by atoms with Crippen LogP contribution in [0.4, 0.5) is 23.2 Å². The van der Waals surface area contributed by atoms with Crippen LogP contribution in [0.15, 0.2) is 60.0 Å². The van der Waals surface area contributed by atoms with Gasteiger partial charge in [-0.1, -0.05) is 23.7 Å². The summed E-state index contributed by atoms with van der Waals surface area (Å²) in [4.78, 5) is 12.9. The third-order valence-electron chi connectivity index (χ3n) is 4.53. The molecular formula is C21H13ClF4N2OS. The Balaban J connectivity index is 1.70. The molecule has 0 unspecified atom stereocenters. The number of thiophene rings is 1.